The lowest BCUT2D eigenvalue weighted by atomic mass is 10.1. The summed E-state index contributed by atoms with van der Waals surface area (Å²) >= 11 is 1.29. The standard InChI is InChI=1S/C24H22N4O3S/c1-16-20(24(31)28(27(16)2)18-12-7-4-8-13-18)25-23(30)21(17-10-5-3-6-11-17)26-22(29)19-14-9-15-32-19/h3-15,21H,1-2H3,(H,25,30)(H,26,29). The van der Waals surface area contributed by atoms with Crippen LogP contribution in [-0.4, -0.2) is 21.2 Å². The maximum absolute atomic E-state index is 13.3. The highest BCUT2D eigenvalue weighted by Gasteiger charge is 2.26. The van der Waals surface area contributed by atoms with Gasteiger partial charge in [-0.25, -0.2) is 4.68 Å². The van der Waals surface area contributed by atoms with Crippen molar-refractivity contribution in [1.29, 1.82) is 0 Å². The molecule has 2 N–H and O–H groups in total. The predicted molar refractivity (Wildman–Crippen MR) is 125 cm³/mol. The molecule has 4 rings (SSSR count). The van der Waals surface area contributed by atoms with E-state index in [1.54, 1.807) is 60.4 Å². The SMILES string of the molecule is Cc1c(NC(=O)C(NC(=O)c2cccs2)c2ccccc2)c(=O)n(-c2ccccc2)n1C. The lowest BCUT2D eigenvalue weighted by Gasteiger charge is -2.18. The predicted octanol–water partition coefficient (Wildman–Crippen LogP) is 3.66. The molecule has 0 aliphatic rings. The molecule has 2 heterocycles. The van der Waals surface area contributed by atoms with Crippen LogP contribution in [0.5, 0.6) is 0 Å². The first-order valence-corrected chi connectivity index (χ1v) is 10.9. The van der Waals surface area contributed by atoms with E-state index in [2.05, 4.69) is 10.6 Å². The maximum atomic E-state index is 13.3. The van der Waals surface area contributed by atoms with E-state index in [9.17, 15) is 14.4 Å². The number of nitrogens with zero attached hydrogens (tertiary/aromatic N) is 2. The van der Waals surface area contributed by atoms with Crippen LogP contribution in [-0.2, 0) is 11.8 Å². The zero-order valence-electron chi connectivity index (χ0n) is 17.6. The Morgan fingerprint density at radius 3 is 2.22 bits per heavy atom. The van der Waals surface area contributed by atoms with Gasteiger partial charge in [0.05, 0.1) is 16.3 Å². The van der Waals surface area contributed by atoms with Gasteiger partial charge in [-0.1, -0.05) is 54.6 Å². The maximum Gasteiger partial charge on any atom is 0.295 e. The summed E-state index contributed by atoms with van der Waals surface area (Å²) in [4.78, 5) is 39.6. The number of thiophene rings is 1. The first-order chi connectivity index (χ1) is 15.5. The molecule has 0 fully saturated rings. The third-order valence-corrected chi connectivity index (χ3v) is 6.09. The molecule has 0 bridgehead atoms. The number of hydrogen-bond donors (Lipinski definition) is 2. The van der Waals surface area contributed by atoms with Crippen LogP contribution in [0.2, 0.25) is 0 Å². The van der Waals surface area contributed by atoms with Crippen molar-refractivity contribution in [3.8, 4) is 5.69 Å². The fourth-order valence-electron chi connectivity index (χ4n) is 3.46. The van der Waals surface area contributed by atoms with Crippen LogP contribution in [0.3, 0.4) is 0 Å². The molecule has 162 valence electrons. The van der Waals surface area contributed by atoms with Crippen molar-refractivity contribution in [2.75, 3.05) is 5.32 Å². The molecule has 1 atom stereocenters. The zero-order valence-corrected chi connectivity index (χ0v) is 18.4. The van der Waals surface area contributed by atoms with E-state index in [4.69, 9.17) is 0 Å². The molecule has 0 aliphatic heterocycles. The van der Waals surface area contributed by atoms with Crippen molar-refractivity contribution in [3.05, 3.63) is 105 Å². The Balaban J connectivity index is 1.67. The van der Waals surface area contributed by atoms with Crippen molar-refractivity contribution >= 4 is 28.8 Å². The number of hydrogen-bond acceptors (Lipinski definition) is 4. The molecule has 0 radical (unpaired) electrons. The first-order valence-electron chi connectivity index (χ1n) is 10.0. The zero-order chi connectivity index (χ0) is 22.7. The van der Waals surface area contributed by atoms with Gasteiger partial charge in [0.2, 0.25) is 0 Å². The number of carbonyl (C=O) groups excluding carboxylic acids is 2. The number of benzene rings is 2. The molecule has 7 nitrogen and oxygen atoms in total. The summed E-state index contributed by atoms with van der Waals surface area (Å²) in [7, 11) is 1.76. The number of anilines is 1. The Bertz CT molecular complexity index is 1290. The number of amides is 2. The Kier molecular flexibility index (Phi) is 6.04. The van der Waals surface area contributed by atoms with Crippen molar-refractivity contribution in [2.24, 2.45) is 7.05 Å². The highest BCUT2D eigenvalue weighted by Crippen LogP contribution is 2.20. The summed E-state index contributed by atoms with van der Waals surface area (Å²) in [5.41, 5.74) is 1.73. The number of rotatable bonds is 6. The van der Waals surface area contributed by atoms with Crippen LogP contribution in [0.1, 0.15) is 27.0 Å². The molecule has 2 amide bonds. The van der Waals surface area contributed by atoms with Crippen molar-refractivity contribution in [1.82, 2.24) is 14.7 Å². The number of aromatic nitrogens is 2. The van der Waals surface area contributed by atoms with Crippen molar-refractivity contribution in [2.45, 2.75) is 13.0 Å². The molecule has 1 unspecified atom stereocenters. The van der Waals surface area contributed by atoms with Crippen LogP contribution in [0, 0.1) is 6.92 Å². The molecule has 2 aromatic heterocycles. The largest absolute Gasteiger partial charge is 0.336 e. The lowest BCUT2D eigenvalue weighted by molar-refractivity contribution is -0.118. The molecule has 8 heteroatoms. The van der Waals surface area contributed by atoms with Crippen LogP contribution in [0.4, 0.5) is 5.69 Å². The Hall–Kier alpha value is -3.91. The van der Waals surface area contributed by atoms with Gasteiger partial charge in [-0.05, 0) is 36.1 Å². The van der Waals surface area contributed by atoms with Gasteiger partial charge >= 0.3 is 0 Å². The van der Waals surface area contributed by atoms with E-state index in [1.807, 2.05) is 36.4 Å². The highest BCUT2D eigenvalue weighted by atomic mass is 32.1. The topological polar surface area (TPSA) is 85.1 Å². The van der Waals surface area contributed by atoms with Crippen molar-refractivity contribution < 1.29 is 9.59 Å². The van der Waals surface area contributed by atoms with Gasteiger partial charge < -0.3 is 10.6 Å². The van der Waals surface area contributed by atoms with E-state index in [-0.39, 0.29) is 17.2 Å². The minimum absolute atomic E-state index is 0.174. The number of carbonyl (C=O) groups is 2. The summed E-state index contributed by atoms with van der Waals surface area (Å²) in [6.07, 6.45) is 0. The number of para-hydroxylation sites is 1. The second-order valence-electron chi connectivity index (χ2n) is 7.22. The minimum Gasteiger partial charge on any atom is -0.336 e. The van der Waals surface area contributed by atoms with Crippen LogP contribution in [0.15, 0.2) is 83.0 Å². The van der Waals surface area contributed by atoms with Crippen LogP contribution < -0.4 is 16.2 Å². The van der Waals surface area contributed by atoms with Gasteiger partial charge in [0.15, 0.2) is 0 Å². The average Bonchev–Trinajstić information content (AvgIpc) is 3.42. The second-order valence-corrected chi connectivity index (χ2v) is 8.17. The minimum atomic E-state index is -0.963. The molecule has 0 saturated heterocycles. The summed E-state index contributed by atoms with van der Waals surface area (Å²) in [5.74, 6) is -0.845. The van der Waals surface area contributed by atoms with Gasteiger partial charge in [-0.2, -0.15) is 0 Å². The van der Waals surface area contributed by atoms with Crippen LogP contribution >= 0.6 is 11.3 Å². The quantitative estimate of drug-likeness (QED) is 0.474. The van der Waals surface area contributed by atoms with E-state index in [1.165, 1.54) is 16.0 Å². The molecular formula is C24H22N4O3S. The number of nitrogens with one attached hydrogen (secondary N) is 2. The first kappa shape index (κ1) is 21.3. The molecular weight excluding hydrogens is 424 g/mol. The third kappa shape index (κ3) is 4.13. The molecule has 2 aromatic carbocycles. The molecule has 0 aliphatic carbocycles. The Morgan fingerprint density at radius 2 is 1.59 bits per heavy atom. The van der Waals surface area contributed by atoms with Gasteiger partial charge in [0.1, 0.15) is 11.7 Å². The summed E-state index contributed by atoms with van der Waals surface area (Å²) in [6, 6.07) is 20.6. The van der Waals surface area contributed by atoms with Crippen LogP contribution in [0.25, 0.3) is 5.69 Å². The molecule has 0 saturated carbocycles. The lowest BCUT2D eigenvalue weighted by Crippen LogP contribution is -2.37. The summed E-state index contributed by atoms with van der Waals surface area (Å²) < 4.78 is 3.18. The fourth-order valence-corrected chi connectivity index (χ4v) is 4.09. The summed E-state index contributed by atoms with van der Waals surface area (Å²) in [5, 5.41) is 7.34. The van der Waals surface area contributed by atoms with Crippen molar-refractivity contribution in [3.63, 3.8) is 0 Å². The van der Waals surface area contributed by atoms with Gasteiger partial charge in [-0.3, -0.25) is 19.1 Å². The van der Waals surface area contributed by atoms with Gasteiger partial charge in [0.25, 0.3) is 17.4 Å². The second kappa shape index (κ2) is 9.07. The highest BCUT2D eigenvalue weighted by molar-refractivity contribution is 7.12. The average molecular weight is 447 g/mol. The van der Waals surface area contributed by atoms with E-state index >= 15 is 0 Å². The monoisotopic (exact) mass is 446 g/mol. The Morgan fingerprint density at radius 1 is 0.938 bits per heavy atom. The van der Waals surface area contributed by atoms with E-state index in [0.29, 0.717) is 21.8 Å². The fraction of sp³-hybridized carbons (Fsp3) is 0.125. The van der Waals surface area contributed by atoms with Gasteiger partial charge in [0, 0.05) is 7.05 Å². The summed E-state index contributed by atoms with van der Waals surface area (Å²) in [6.45, 7) is 1.76. The van der Waals surface area contributed by atoms with Gasteiger partial charge in [-0.15, -0.1) is 11.3 Å². The third-order valence-electron chi connectivity index (χ3n) is 5.22. The molecule has 4 aromatic rings. The van der Waals surface area contributed by atoms with E-state index < -0.39 is 11.9 Å². The molecule has 32 heavy (non-hydrogen) atoms. The molecule has 0 spiro atoms. The normalized spacial score (nSPS) is 11.7. The smallest absolute Gasteiger partial charge is 0.295 e. The van der Waals surface area contributed by atoms with E-state index in [0.717, 1.165) is 0 Å². The Labute approximate surface area is 188 Å².